The minimum atomic E-state index is -0.192. The zero-order valence-electron chi connectivity index (χ0n) is 21.5. The van der Waals surface area contributed by atoms with Gasteiger partial charge >= 0.3 is 0 Å². The third-order valence-electron chi connectivity index (χ3n) is 7.80. The quantitative estimate of drug-likeness (QED) is 0.235. The van der Waals surface area contributed by atoms with E-state index in [1.165, 1.54) is 23.7 Å². The number of fused-ring (bicyclic) bond motifs is 4. The first kappa shape index (κ1) is 24.7. The molecule has 194 valence electrons. The highest BCUT2D eigenvalue weighted by Crippen LogP contribution is 2.48. The SMILES string of the molecule is Cc1cccc(NC(=O)CSc2nc3c(c(=O)n2Cc2ccco2)C2(CCCCC2)Cc2ccccc2-3)c1. The summed E-state index contributed by atoms with van der Waals surface area (Å²) in [6.07, 6.45) is 7.93. The molecule has 0 atom stereocenters. The van der Waals surface area contributed by atoms with Crippen LogP contribution in [0.4, 0.5) is 5.69 Å². The highest BCUT2D eigenvalue weighted by molar-refractivity contribution is 7.99. The van der Waals surface area contributed by atoms with E-state index in [-0.39, 0.29) is 29.2 Å². The van der Waals surface area contributed by atoms with E-state index in [1.54, 1.807) is 10.8 Å². The summed E-state index contributed by atoms with van der Waals surface area (Å²) >= 11 is 1.30. The summed E-state index contributed by atoms with van der Waals surface area (Å²) in [4.78, 5) is 32.4. The predicted octanol–water partition coefficient (Wildman–Crippen LogP) is 6.35. The molecule has 0 radical (unpaired) electrons. The second kappa shape index (κ2) is 10.3. The molecule has 1 fully saturated rings. The average molecular weight is 526 g/mol. The Bertz CT molecular complexity index is 1530. The number of aryl methyl sites for hydroxylation is 1. The van der Waals surface area contributed by atoms with Crippen LogP contribution in [0.5, 0.6) is 0 Å². The van der Waals surface area contributed by atoms with Crippen molar-refractivity contribution in [3.8, 4) is 11.3 Å². The maximum atomic E-state index is 14.4. The lowest BCUT2D eigenvalue weighted by Gasteiger charge is -2.42. The molecule has 38 heavy (non-hydrogen) atoms. The fraction of sp³-hybridized carbons (Fsp3) is 0.323. The molecule has 2 heterocycles. The van der Waals surface area contributed by atoms with E-state index in [2.05, 4.69) is 23.5 Å². The van der Waals surface area contributed by atoms with Crippen molar-refractivity contribution in [2.24, 2.45) is 0 Å². The van der Waals surface area contributed by atoms with E-state index in [1.807, 2.05) is 49.4 Å². The third kappa shape index (κ3) is 4.71. The number of hydrogen-bond donors (Lipinski definition) is 1. The second-order valence-electron chi connectivity index (χ2n) is 10.5. The zero-order chi connectivity index (χ0) is 26.1. The van der Waals surface area contributed by atoms with E-state index >= 15 is 0 Å². The fourth-order valence-electron chi connectivity index (χ4n) is 6.08. The lowest BCUT2D eigenvalue weighted by molar-refractivity contribution is -0.113. The summed E-state index contributed by atoms with van der Waals surface area (Å²) in [6, 6.07) is 19.8. The van der Waals surface area contributed by atoms with Crippen molar-refractivity contribution in [3.05, 3.63) is 99.7 Å². The Morgan fingerprint density at radius 1 is 1.08 bits per heavy atom. The number of carbonyl (C=O) groups is 1. The van der Waals surface area contributed by atoms with Crippen molar-refractivity contribution < 1.29 is 9.21 Å². The van der Waals surface area contributed by atoms with Gasteiger partial charge in [0.15, 0.2) is 5.16 Å². The van der Waals surface area contributed by atoms with Gasteiger partial charge in [-0.3, -0.25) is 14.2 Å². The van der Waals surface area contributed by atoms with Crippen LogP contribution in [0.2, 0.25) is 0 Å². The fourth-order valence-corrected chi connectivity index (χ4v) is 6.87. The van der Waals surface area contributed by atoms with E-state index in [9.17, 15) is 9.59 Å². The number of hydrogen-bond acceptors (Lipinski definition) is 5. The molecule has 0 saturated heterocycles. The number of aromatic nitrogens is 2. The monoisotopic (exact) mass is 525 g/mol. The predicted molar refractivity (Wildman–Crippen MR) is 151 cm³/mol. The van der Waals surface area contributed by atoms with Crippen molar-refractivity contribution in [2.45, 2.75) is 62.6 Å². The normalized spacial score (nSPS) is 15.6. The lowest BCUT2D eigenvalue weighted by Crippen LogP contribution is -2.43. The number of rotatable bonds is 6. The molecule has 2 aromatic carbocycles. The van der Waals surface area contributed by atoms with E-state index in [0.717, 1.165) is 60.2 Å². The van der Waals surface area contributed by atoms with E-state index < -0.39 is 0 Å². The first-order valence-electron chi connectivity index (χ1n) is 13.3. The summed E-state index contributed by atoms with van der Waals surface area (Å²) in [7, 11) is 0. The van der Waals surface area contributed by atoms with Crippen LogP contribution in [-0.2, 0) is 23.2 Å². The molecule has 4 aromatic rings. The number of carbonyl (C=O) groups excluding carboxylic acids is 1. The maximum Gasteiger partial charge on any atom is 0.258 e. The summed E-state index contributed by atoms with van der Waals surface area (Å²) < 4.78 is 7.34. The lowest BCUT2D eigenvalue weighted by atomic mass is 9.62. The molecular weight excluding hydrogens is 494 g/mol. The number of anilines is 1. The van der Waals surface area contributed by atoms with E-state index in [4.69, 9.17) is 9.40 Å². The molecule has 0 unspecified atom stereocenters. The molecule has 2 aliphatic rings. The van der Waals surface area contributed by atoms with Crippen molar-refractivity contribution in [3.63, 3.8) is 0 Å². The molecule has 0 bridgehead atoms. The van der Waals surface area contributed by atoms with Crippen LogP contribution in [0, 0.1) is 6.92 Å². The molecule has 1 spiro atoms. The average Bonchev–Trinajstić information content (AvgIpc) is 3.43. The Labute approximate surface area is 226 Å². The Kier molecular flexibility index (Phi) is 6.70. The Balaban J connectivity index is 1.42. The van der Waals surface area contributed by atoms with Crippen molar-refractivity contribution in [2.75, 3.05) is 11.1 Å². The van der Waals surface area contributed by atoms with Gasteiger partial charge in [0.2, 0.25) is 5.91 Å². The van der Waals surface area contributed by atoms with Crippen molar-refractivity contribution in [1.82, 2.24) is 9.55 Å². The van der Waals surface area contributed by atoms with Gasteiger partial charge < -0.3 is 9.73 Å². The van der Waals surface area contributed by atoms with Gasteiger partial charge in [0, 0.05) is 16.7 Å². The molecule has 1 N–H and O–H groups in total. The van der Waals surface area contributed by atoms with Gasteiger partial charge in [-0.05, 0) is 61.6 Å². The standard InChI is InChI=1S/C31H31N3O3S/c1-21-9-7-11-23(17-21)32-26(35)20-38-30-33-28-25-13-4-3-10-22(25)18-31(14-5-2-6-15-31)27(28)29(36)34(30)19-24-12-8-16-37-24/h3-4,7-13,16-17H,2,5-6,14-15,18-20H2,1H3,(H,32,35). The summed E-state index contributed by atoms with van der Waals surface area (Å²) in [6.45, 7) is 2.28. The van der Waals surface area contributed by atoms with Crippen LogP contribution >= 0.6 is 11.8 Å². The molecule has 1 amide bonds. The number of nitrogens with zero attached hydrogens (tertiary/aromatic N) is 2. The first-order chi connectivity index (χ1) is 18.5. The van der Waals surface area contributed by atoms with Crippen molar-refractivity contribution >= 4 is 23.4 Å². The molecule has 6 rings (SSSR count). The Morgan fingerprint density at radius 3 is 2.71 bits per heavy atom. The minimum Gasteiger partial charge on any atom is -0.467 e. The van der Waals surface area contributed by atoms with Gasteiger partial charge in [0.05, 0.1) is 29.8 Å². The second-order valence-corrected chi connectivity index (χ2v) is 11.4. The molecular formula is C31H31N3O3S. The highest BCUT2D eigenvalue weighted by Gasteiger charge is 2.43. The van der Waals surface area contributed by atoms with Crippen LogP contribution < -0.4 is 10.9 Å². The van der Waals surface area contributed by atoms with Gasteiger partial charge in [-0.2, -0.15) is 0 Å². The molecule has 7 heteroatoms. The maximum absolute atomic E-state index is 14.4. The summed E-state index contributed by atoms with van der Waals surface area (Å²) in [5.41, 5.74) is 5.56. The Morgan fingerprint density at radius 2 is 1.92 bits per heavy atom. The minimum absolute atomic E-state index is 0.00982. The topological polar surface area (TPSA) is 77.1 Å². The van der Waals surface area contributed by atoms with Gasteiger partial charge in [-0.1, -0.05) is 67.4 Å². The van der Waals surface area contributed by atoms with Gasteiger partial charge in [0.25, 0.3) is 5.56 Å². The molecule has 2 aromatic heterocycles. The number of thioether (sulfide) groups is 1. The smallest absolute Gasteiger partial charge is 0.258 e. The van der Waals surface area contributed by atoms with Crippen LogP contribution in [-0.4, -0.2) is 21.2 Å². The van der Waals surface area contributed by atoms with Crippen LogP contribution in [0.3, 0.4) is 0 Å². The number of benzene rings is 2. The molecule has 1 saturated carbocycles. The molecule has 0 aliphatic heterocycles. The first-order valence-corrected chi connectivity index (χ1v) is 14.3. The van der Waals surface area contributed by atoms with Gasteiger partial charge in [-0.15, -0.1) is 0 Å². The summed E-state index contributed by atoms with van der Waals surface area (Å²) in [5.74, 6) is 0.694. The Hall–Kier alpha value is -3.58. The van der Waals surface area contributed by atoms with E-state index in [0.29, 0.717) is 10.9 Å². The number of nitrogens with one attached hydrogen (secondary N) is 1. The number of amides is 1. The third-order valence-corrected chi connectivity index (χ3v) is 8.78. The largest absolute Gasteiger partial charge is 0.467 e. The van der Waals surface area contributed by atoms with Crippen LogP contribution in [0.1, 0.15) is 54.6 Å². The van der Waals surface area contributed by atoms with Crippen LogP contribution in [0.15, 0.2) is 81.3 Å². The van der Waals surface area contributed by atoms with Gasteiger partial charge in [0.1, 0.15) is 5.76 Å². The van der Waals surface area contributed by atoms with Gasteiger partial charge in [-0.25, -0.2) is 4.98 Å². The number of furan rings is 1. The van der Waals surface area contributed by atoms with Crippen LogP contribution in [0.25, 0.3) is 11.3 Å². The zero-order valence-corrected chi connectivity index (χ0v) is 22.4. The highest BCUT2D eigenvalue weighted by atomic mass is 32.2. The molecule has 2 aliphatic carbocycles. The van der Waals surface area contributed by atoms with Crippen molar-refractivity contribution in [1.29, 1.82) is 0 Å². The summed E-state index contributed by atoms with van der Waals surface area (Å²) in [5, 5.41) is 3.50. The molecule has 6 nitrogen and oxygen atoms in total.